The molecule has 4 aliphatic heterocycles. The standard InChI is InChI=1S/C30H37N5O5.H3O4P/c1-16(2)11-23-27(37)34-10-6-9-24(34)30(39)35(23)28(38)29(3,40-30)32-26(36)18-12-20-19-7-5-8-21-25(19)17(14-31-21)13-22(20)33(4)15-18;1-5(2,3)4/h5,7-8,12,14,16,18,22-24,31,39H,6,9-11,13,15H2,1-4H3,(H,32,36);(H3,1,2,3,4)/t18-,22-,23+,24+,29-,30+;/m1./s1. The smallest absolute Gasteiger partial charge is 0.361 e. The number of aliphatic hydroxyl groups is 1. The molecule has 3 amide bonds. The van der Waals surface area contributed by atoms with Crippen molar-refractivity contribution in [1.82, 2.24) is 25.0 Å². The van der Waals surface area contributed by atoms with Gasteiger partial charge in [-0.25, -0.2) is 4.57 Å². The van der Waals surface area contributed by atoms with Crippen LogP contribution in [-0.2, 0) is 30.1 Å². The largest absolute Gasteiger partial charge is 0.466 e. The number of nitrogens with one attached hydrogen (secondary N) is 2. The van der Waals surface area contributed by atoms with Gasteiger partial charge in [-0.3, -0.25) is 28.9 Å². The molecule has 2 aromatic rings. The molecule has 0 spiro atoms. The van der Waals surface area contributed by atoms with Crippen molar-refractivity contribution in [2.24, 2.45) is 11.8 Å². The number of amides is 3. The van der Waals surface area contributed by atoms with E-state index in [9.17, 15) is 19.5 Å². The van der Waals surface area contributed by atoms with Crippen LogP contribution in [0.25, 0.3) is 16.5 Å². The highest BCUT2D eigenvalue weighted by Gasteiger charge is 2.70. The van der Waals surface area contributed by atoms with Gasteiger partial charge in [0.1, 0.15) is 12.1 Å². The number of hydrogen-bond acceptors (Lipinski definition) is 7. The second-order valence-electron chi connectivity index (χ2n) is 13.2. The van der Waals surface area contributed by atoms with E-state index >= 15 is 0 Å². The number of aromatic amines is 1. The quantitative estimate of drug-likeness (QED) is 0.260. The Morgan fingerprint density at radius 2 is 1.96 bits per heavy atom. The van der Waals surface area contributed by atoms with Crippen LogP contribution in [0.3, 0.4) is 0 Å². The summed E-state index contributed by atoms with van der Waals surface area (Å²) >= 11 is 0. The molecule has 0 unspecified atom stereocenters. The van der Waals surface area contributed by atoms with Gasteiger partial charge in [0.15, 0.2) is 0 Å². The SMILES string of the molecule is CC(C)C[C@H]1C(=O)N2CCC[C@H]2[C@]2(O)O[C@@](C)(NC(=O)[C@@H]3C=C4c5cccc6[nH]cc(c56)C[C@H]4N(C)C3)C(=O)N12.O=P(O)(O)O. The van der Waals surface area contributed by atoms with Gasteiger partial charge < -0.3 is 35.0 Å². The highest BCUT2D eigenvalue weighted by atomic mass is 31.2. The van der Waals surface area contributed by atoms with Gasteiger partial charge in [0.2, 0.25) is 17.5 Å². The van der Waals surface area contributed by atoms with Gasteiger partial charge >= 0.3 is 7.82 Å². The molecule has 0 bridgehead atoms. The fourth-order valence-corrected chi connectivity index (χ4v) is 7.76. The van der Waals surface area contributed by atoms with Crippen molar-refractivity contribution in [1.29, 1.82) is 0 Å². The van der Waals surface area contributed by atoms with Gasteiger partial charge in [-0.2, -0.15) is 0 Å². The van der Waals surface area contributed by atoms with Crippen molar-refractivity contribution in [2.45, 2.75) is 76.2 Å². The van der Waals surface area contributed by atoms with Crippen LogP contribution in [0.5, 0.6) is 0 Å². The zero-order valence-corrected chi connectivity index (χ0v) is 26.5. The predicted octanol–water partition coefficient (Wildman–Crippen LogP) is 0.866. The number of nitrogens with zero attached hydrogens (tertiary/aromatic N) is 3. The summed E-state index contributed by atoms with van der Waals surface area (Å²) in [6.45, 7) is 6.46. The molecule has 45 heavy (non-hydrogen) atoms. The second-order valence-corrected chi connectivity index (χ2v) is 14.3. The van der Waals surface area contributed by atoms with Crippen LogP contribution < -0.4 is 5.32 Å². The summed E-state index contributed by atoms with van der Waals surface area (Å²) < 4.78 is 15.1. The van der Waals surface area contributed by atoms with Crippen LogP contribution in [0.4, 0.5) is 0 Å². The molecular formula is C30H40N5O9P. The molecule has 244 valence electrons. The number of ether oxygens (including phenoxy) is 1. The van der Waals surface area contributed by atoms with Gasteiger partial charge in [0.25, 0.3) is 11.8 Å². The average molecular weight is 646 g/mol. The minimum atomic E-state index is -4.64. The maximum absolute atomic E-state index is 14.0. The molecule has 0 saturated carbocycles. The van der Waals surface area contributed by atoms with Crippen LogP contribution in [0.15, 0.2) is 30.5 Å². The van der Waals surface area contributed by atoms with Crippen molar-refractivity contribution in [3.05, 3.63) is 41.6 Å². The van der Waals surface area contributed by atoms with Crippen molar-refractivity contribution in [3.63, 3.8) is 0 Å². The molecule has 3 saturated heterocycles. The third kappa shape index (κ3) is 5.42. The van der Waals surface area contributed by atoms with Crippen molar-refractivity contribution in [2.75, 3.05) is 20.1 Å². The Balaban J connectivity index is 0.000000664. The maximum atomic E-state index is 14.0. The summed E-state index contributed by atoms with van der Waals surface area (Å²) in [5.74, 6) is -3.48. The van der Waals surface area contributed by atoms with E-state index in [2.05, 4.69) is 33.5 Å². The molecule has 6 atom stereocenters. The van der Waals surface area contributed by atoms with E-state index in [1.54, 1.807) is 4.90 Å². The predicted molar refractivity (Wildman–Crippen MR) is 162 cm³/mol. The Hall–Kier alpha value is -3.10. The lowest BCUT2D eigenvalue weighted by molar-refractivity contribution is -0.315. The molecule has 1 aromatic heterocycles. The summed E-state index contributed by atoms with van der Waals surface area (Å²) in [6, 6.07) is 4.84. The number of fused-ring (bicyclic) bond motifs is 5. The Morgan fingerprint density at radius 1 is 1.24 bits per heavy atom. The first kappa shape index (κ1) is 31.9. The van der Waals surface area contributed by atoms with Gasteiger partial charge in [-0.15, -0.1) is 0 Å². The second kappa shape index (κ2) is 11.0. The van der Waals surface area contributed by atoms with Crippen molar-refractivity contribution < 1.29 is 43.5 Å². The third-order valence-electron chi connectivity index (χ3n) is 9.55. The highest BCUT2D eigenvalue weighted by molar-refractivity contribution is 7.45. The first-order valence-corrected chi connectivity index (χ1v) is 16.8. The lowest BCUT2D eigenvalue weighted by Gasteiger charge is -2.49. The van der Waals surface area contributed by atoms with E-state index in [1.165, 1.54) is 22.8 Å². The summed E-state index contributed by atoms with van der Waals surface area (Å²) in [5, 5.41) is 15.9. The van der Waals surface area contributed by atoms with Gasteiger partial charge in [0.05, 0.1) is 5.92 Å². The number of benzene rings is 1. The van der Waals surface area contributed by atoms with Crippen LogP contribution in [0, 0.1) is 11.8 Å². The Bertz CT molecular complexity index is 1630. The van der Waals surface area contributed by atoms with E-state index < -0.39 is 43.4 Å². The van der Waals surface area contributed by atoms with Crippen LogP contribution in [-0.4, -0.2) is 107 Å². The molecule has 0 radical (unpaired) electrons. The number of phosphoric acid groups is 1. The topological polar surface area (TPSA) is 196 Å². The van der Waals surface area contributed by atoms with Crippen molar-refractivity contribution in [3.8, 4) is 0 Å². The van der Waals surface area contributed by atoms with E-state index in [0.29, 0.717) is 25.9 Å². The molecule has 1 aromatic carbocycles. The molecule has 14 nitrogen and oxygen atoms in total. The van der Waals surface area contributed by atoms with E-state index in [0.717, 1.165) is 29.5 Å². The number of likely N-dealkylation sites (N-methyl/N-ethyl adjacent to an activating group) is 1. The van der Waals surface area contributed by atoms with Crippen LogP contribution in [0.2, 0.25) is 0 Å². The Kier molecular flexibility index (Phi) is 7.80. The Morgan fingerprint density at radius 3 is 2.64 bits per heavy atom. The number of rotatable bonds is 4. The van der Waals surface area contributed by atoms with E-state index in [-0.39, 0.29) is 23.8 Å². The number of carbonyl (C=O) groups is 3. The fraction of sp³-hybridized carbons (Fsp3) is 0.567. The minimum Gasteiger partial charge on any atom is -0.361 e. The lowest BCUT2D eigenvalue weighted by atomic mass is 9.79. The molecule has 15 heteroatoms. The van der Waals surface area contributed by atoms with E-state index in [1.807, 2.05) is 33.0 Å². The minimum absolute atomic E-state index is 0.115. The lowest BCUT2D eigenvalue weighted by Crippen LogP contribution is -2.71. The number of carbonyl (C=O) groups excluding carboxylic acids is 3. The van der Waals surface area contributed by atoms with Gasteiger partial charge in [0, 0.05) is 36.2 Å². The molecule has 3 fully saturated rings. The normalized spacial score (nSPS) is 32.6. The molecule has 1 aliphatic carbocycles. The fourth-order valence-electron chi connectivity index (χ4n) is 7.76. The summed E-state index contributed by atoms with van der Waals surface area (Å²) in [4.78, 5) is 71.2. The van der Waals surface area contributed by atoms with E-state index in [4.69, 9.17) is 24.0 Å². The average Bonchev–Trinajstić information content (AvgIpc) is 3.64. The zero-order chi connectivity index (χ0) is 32.6. The highest BCUT2D eigenvalue weighted by Crippen LogP contribution is 2.46. The summed E-state index contributed by atoms with van der Waals surface area (Å²) in [5.41, 5.74) is 2.78. The first-order chi connectivity index (χ1) is 21.0. The number of aromatic nitrogens is 1. The molecule has 7 rings (SSSR count). The zero-order valence-electron chi connectivity index (χ0n) is 25.6. The van der Waals surface area contributed by atoms with Crippen molar-refractivity contribution >= 4 is 42.0 Å². The van der Waals surface area contributed by atoms with Gasteiger partial charge in [-0.05, 0) is 68.3 Å². The number of piperazine rings is 1. The first-order valence-electron chi connectivity index (χ1n) is 15.2. The summed E-state index contributed by atoms with van der Waals surface area (Å²) in [7, 11) is -2.62. The molecule has 6 N–H and O–H groups in total. The van der Waals surface area contributed by atoms with Gasteiger partial charge in [-0.1, -0.05) is 32.1 Å². The van der Waals surface area contributed by atoms with Crippen LogP contribution >= 0.6 is 7.82 Å². The maximum Gasteiger partial charge on any atom is 0.466 e. The summed E-state index contributed by atoms with van der Waals surface area (Å²) in [6.07, 6.45) is 6.61. The Labute approximate surface area is 260 Å². The number of hydrogen-bond donors (Lipinski definition) is 6. The molecule has 5 heterocycles. The van der Waals surface area contributed by atoms with Crippen LogP contribution in [0.1, 0.15) is 51.2 Å². The number of H-pyrrole nitrogens is 1. The third-order valence-corrected chi connectivity index (χ3v) is 9.55. The molecule has 5 aliphatic rings. The monoisotopic (exact) mass is 645 g/mol. The molecular weight excluding hydrogens is 605 g/mol.